The molecule has 1 aromatic carbocycles. The van der Waals surface area contributed by atoms with Gasteiger partial charge in [-0.05, 0) is 36.2 Å². The average molecular weight is 355 g/mol. The maximum Gasteiger partial charge on any atom is 0.573 e. The molecule has 8 heteroatoms. The van der Waals surface area contributed by atoms with E-state index in [2.05, 4.69) is 20.4 Å². The second kappa shape index (κ2) is 9.00. The van der Waals surface area contributed by atoms with Gasteiger partial charge < -0.3 is 19.8 Å². The van der Waals surface area contributed by atoms with Gasteiger partial charge in [-0.25, -0.2) is 0 Å². The van der Waals surface area contributed by atoms with Crippen molar-refractivity contribution in [1.29, 1.82) is 0 Å². The van der Waals surface area contributed by atoms with Crippen LogP contribution in [0.3, 0.4) is 0 Å². The fourth-order valence-electron chi connectivity index (χ4n) is 2.16. The van der Waals surface area contributed by atoms with Crippen LogP contribution in [0.15, 0.2) is 52.1 Å². The van der Waals surface area contributed by atoms with Gasteiger partial charge in [-0.1, -0.05) is 12.1 Å². The number of nitrogens with zero attached hydrogens (tertiary/aromatic N) is 1. The lowest BCUT2D eigenvalue weighted by molar-refractivity contribution is -0.274. The fourth-order valence-corrected chi connectivity index (χ4v) is 2.16. The molecular weight excluding hydrogens is 335 g/mol. The molecule has 25 heavy (non-hydrogen) atoms. The lowest BCUT2D eigenvalue weighted by atomic mass is 10.1. The molecule has 0 saturated heterocycles. The maximum absolute atomic E-state index is 12.1. The van der Waals surface area contributed by atoms with Crippen molar-refractivity contribution in [2.75, 3.05) is 20.1 Å². The van der Waals surface area contributed by atoms with E-state index in [1.807, 2.05) is 12.1 Å². The Morgan fingerprint density at radius 1 is 1.08 bits per heavy atom. The normalized spacial score (nSPS) is 12.1. The van der Waals surface area contributed by atoms with E-state index in [1.54, 1.807) is 25.4 Å². The van der Waals surface area contributed by atoms with Crippen molar-refractivity contribution in [1.82, 2.24) is 10.6 Å². The molecule has 0 amide bonds. The summed E-state index contributed by atoms with van der Waals surface area (Å²) < 4.78 is 45.4. The molecule has 2 aromatic rings. The van der Waals surface area contributed by atoms with Gasteiger partial charge in [0.05, 0.1) is 6.26 Å². The minimum absolute atomic E-state index is 0.223. The van der Waals surface area contributed by atoms with Gasteiger partial charge in [0.2, 0.25) is 0 Å². The molecular formula is C17H20F3N3O2. The molecule has 0 radical (unpaired) electrons. The molecule has 0 spiro atoms. The molecule has 136 valence electrons. The second-order valence-corrected chi connectivity index (χ2v) is 5.20. The third kappa shape index (κ3) is 7.19. The van der Waals surface area contributed by atoms with Crippen LogP contribution in [-0.2, 0) is 12.8 Å². The van der Waals surface area contributed by atoms with Gasteiger partial charge >= 0.3 is 6.36 Å². The van der Waals surface area contributed by atoms with Gasteiger partial charge in [-0.3, -0.25) is 4.99 Å². The summed E-state index contributed by atoms with van der Waals surface area (Å²) in [6.45, 7) is 1.27. The number of nitrogens with one attached hydrogen (secondary N) is 2. The Morgan fingerprint density at radius 2 is 1.76 bits per heavy atom. The van der Waals surface area contributed by atoms with E-state index in [9.17, 15) is 13.2 Å². The molecule has 0 aliphatic rings. The molecule has 1 heterocycles. The third-order valence-electron chi connectivity index (χ3n) is 3.33. The van der Waals surface area contributed by atoms with Gasteiger partial charge in [-0.15, -0.1) is 13.2 Å². The SMILES string of the molecule is CN=C(NCCc1ccc(OC(F)(F)F)cc1)NCCc1ccco1. The van der Waals surface area contributed by atoms with Gasteiger partial charge in [0, 0.05) is 26.6 Å². The van der Waals surface area contributed by atoms with E-state index in [4.69, 9.17) is 4.42 Å². The molecule has 2 N–H and O–H groups in total. The van der Waals surface area contributed by atoms with Crippen LogP contribution in [0.2, 0.25) is 0 Å². The number of furan rings is 1. The highest BCUT2D eigenvalue weighted by Crippen LogP contribution is 2.22. The standard InChI is InChI=1S/C17H20F3N3O2/c1-21-16(23-11-9-14-3-2-12-24-14)22-10-8-13-4-6-15(7-5-13)25-17(18,19)20/h2-7,12H,8-11H2,1H3,(H2,21,22,23). The quantitative estimate of drug-likeness (QED) is 0.592. The molecule has 2 rings (SSSR count). The Balaban J connectivity index is 1.69. The van der Waals surface area contributed by atoms with E-state index in [0.717, 1.165) is 17.7 Å². The first-order valence-electron chi connectivity index (χ1n) is 7.78. The Labute approximate surface area is 143 Å². The van der Waals surface area contributed by atoms with E-state index >= 15 is 0 Å². The minimum atomic E-state index is -4.67. The van der Waals surface area contributed by atoms with Crippen LogP contribution >= 0.6 is 0 Å². The zero-order chi connectivity index (χ0) is 18.1. The van der Waals surface area contributed by atoms with E-state index in [1.165, 1.54) is 12.1 Å². The average Bonchev–Trinajstić information content (AvgIpc) is 3.07. The largest absolute Gasteiger partial charge is 0.573 e. The molecule has 0 unspecified atom stereocenters. The second-order valence-electron chi connectivity index (χ2n) is 5.20. The van der Waals surface area contributed by atoms with Gasteiger partial charge in [-0.2, -0.15) is 0 Å². The summed E-state index contributed by atoms with van der Waals surface area (Å²) >= 11 is 0. The van der Waals surface area contributed by atoms with Crippen molar-refractivity contribution >= 4 is 5.96 Å². The van der Waals surface area contributed by atoms with Crippen LogP contribution in [0.4, 0.5) is 13.2 Å². The number of rotatable bonds is 7. The van der Waals surface area contributed by atoms with Crippen molar-refractivity contribution in [2.45, 2.75) is 19.2 Å². The van der Waals surface area contributed by atoms with Crippen molar-refractivity contribution in [3.63, 3.8) is 0 Å². The van der Waals surface area contributed by atoms with Crippen molar-refractivity contribution in [3.8, 4) is 5.75 Å². The fraction of sp³-hybridized carbons (Fsp3) is 0.353. The first-order chi connectivity index (χ1) is 12.0. The van der Waals surface area contributed by atoms with Crippen LogP contribution in [0.5, 0.6) is 5.75 Å². The summed E-state index contributed by atoms with van der Waals surface area (Å²) in [5, 5.41) is 6.31. The lowest BCUT2D eigenvalue weighted by Crippen LogP contribution is -2.39. The number of ether oxygens (including phenoxy) is 1. The van der Waals surface area contributed by atoms with Crippen LogP contribution in [0, 0.1) is 0 Å². The van der Waals surface area contributed by atoms with Gasteiger partial charge in [0.15, 0.2) is 5.96 Å². The van der Waals surface area contributed by atoms with E-state index in [0.29, 0.717) is 25.5 Å². The van der Waals surface area contributed by atoms with Crippen LogP contribution in [0.1, 0.15) is 11.3 Å². The Bertz CT molecular complexity index is 653. The summed E-state index contributed by atoms with van der Waals surface area (Å²) in [4.78, 5) is 4.11. The van der Waals surface area contributed by atoms with Crippen molar-refractivity contribution < 1.29 is 22.3 Å². The number of alkyl halides is 3. The highest BCUT2D eigenvalue weighted by Gasteiger charge is 2.30. The summed E-state index contributed by atoms with van der Waals surface area (Å²) in [6, 6.07) is 9.57. The number of guanidine groups is 1. The Hall–Kier alpha value is -2.64. The third-order valence-corrected chi connectivity index (χ3v) is 3.33. The molecule has 0 atom stereocenters. The van der Waals surface area contributed by atoms with Crippen molar-refractivity contribution in [3.05, 3.63) is 54.0 Å². The van der Waals surface area contributed by atoms with Crippen molar-refractivity contribution in [2.24, 2.45) is 4.99 Å². The topological polar surface area (TPSA) is 58.8 Å². The number of hydrogen-bond donors (Lipinski definition) is 2. The maximum atomic E-state index is 12.1. The number of benzene rings is 1. The zero-order valence-corrected chi connectivity index (χ0v) is 13.8. The smallest absolute Gasteiger partial charge is 0.469 e. The van der Waals surface area contributed by atoms with Crippen LogP contribution in [0.25, 0.3) is 0 Å². The molecule has 0 bridgehead atoms. The predicted octanol–water partition coefficient (Wildman–Crippen LogP) is 3.13. The van der Waals surface area contributed by atoms with Crippen LogP contribution < -0.4 is 15.4 Å². The molecule has 0 fully saturated rings. The Morgan fingerprint density at radius 3 is 2.32 bits per heavy atom. The first-order valence-corrected chi connectivity index (χ1v) is 7.78. The summed E-state index contributed by atoms with van der Waals surface area (Å²) in [7, 11) is 1.67. The van der Waals surface area contributed by atoms with Gasteiger partial charge in [0.25, 0.3) is 0 Å². The Kier molecular flexibility index (Phi) is 6.73. The first kappa shape index (κ1) is 18.7. The molecule has 1 aromatic heterocycles. The number of halogens is 3. The molecule has 0 aliphatic heterocycles. The number of aliphatic imine (C=N–C) groups is 1. The number of hydrogen-bond acceptors (Lipinski definition) is 3. The highest BCUT2D eigenvalue weighted by atomic mass is 19.4. The summed E-state index contributed by atoms with van der Waals surface area (Å²) in [6.07, 6.45) is -1.65. The lowest BCUT2D eigenvalue weighted by Gasteiger charge is -2.12. The molecule has 5 nitrogen and oxygen atoms in total. The zero-order valence-electron chi connectivity index (χ0n) is 13.8. The van der Waals surface area contributed by atoms with E-state index < -0.39 is 6.36 Å². The molecule has 0 aliphatic carbocycles. The van der Waals surface area contributed by atoms with Gasteiger partial charge in [0.1, 0.15) is 11.5 Å². The summed E-state index contributed by atoms with van der Waals surface area (Å²) in [5.41, 5.74) is 0.896. The molecule has 0 saturated carbocycles. The highest BCUT2D eigenvalue weighted by molar-refractivity contribution is 5.79. The monoisotopic (exact) mass is 355 g/mol. The predicted molar refractivity (Wildman–Crippen MR) is 88.6 cm³/mol. The minimum Gasteiger partial charge on any atom is -0.469 e. The van der Waals surface area contributed by atoms with Crippen LogP contribution in [-0.4, -0.2) is 32.5 Å². The van der Waals surface area contributed by atoms with E-state index in [-0.39, 0.29) is 5.75 Å². The summed E-state index contributed by atoms with van der Waals surface area (Å²) in [5.74, 6) is 1.33.